The van der Waals surface area contributed by atoms with Gasteiger partial charge in [-0.1, -0.05) is 44.1 Å². The zero-order valence-corrected chi connectivity index (χ0v) is 16.6. The van der Waals surface area contributed by atoms with Crippen LogP contribution in [0.2, 0.25) is 0 Å². The fourth-order valence-electron chi connectivity index (χ4n) is 4.57. The van der Waals surface area contributed by atoms with Crippen LogP contribution in [0.25, 0.3) is 0 Å². The Morgan fingerprint density at radius 2 is 2.04 bits per heavy atom. The van der Waals surface area contributed by atoms with E-state index in [0.717, 1.165) is 37.7 Å². The molecular weight excluding hydrogens is 354 g/mol. The summed E-state index contributed by atoms with van der Waals surface area (Å²) in [5.74, 6) is -0.782. The Labute approximate surface area is 167 Å². The lowest BCUT2D eigenvalue weighted by Crippen LogP contribution is -2.40. The third-order valence-electron chi connectivity index (χ3n) is 6.46. The number of likely N-dealkylation sites (tertiary alicyclic amines) is 1. The molecule has 3 rings (SSSR count). The molecule has 28 heavy (non-hydrogen) atoms. The molecule has 0 aromatic heterocycles. The Morgan fingerprint density at radius 3 is 2.61 bits per heavy atom. The fraction of sp³-hybridized carbons (Fsp3) is 0.565. The minimum absolute atomic E-state index is 0.0409. The van der Waals surface area contributed by atoms with Gasteiger partial charge < -0.3 is 15.1 Å². The largest absolute Gasteiger partial charge is 0.478 e. The molecule has 5 nitrogen and oxygen atoms in total. The summed E-state index contributed by atoms with van der Waals surface area (Å²) in [7, 11) is 0. The van der Waals surface area contributed by atoms with Gasteiger partial charge in [0.15, 0.2) is 0 Å². The van der Waals surface area contributed by atoms with E-state index in [9.17, 15) is 14.7 Å². The van der Waals surface area contributed by atoms with Crippen LogP contribution in [0.4, 0.5) is 0 Å². The van der Waals surface area contributed by atoms with Gasteiger partial charge in [-0.25, -0.2) is 4.79 Å². The molecule has 0 bridgehead atoms. The maximum atomic E-state index is 12.3. The highest BCUT2D eigenvalue weighted by Crippen LogP contribution is 2.48. The van der Waals surface area contributed by atoms with Crippen molar-refractivity contribution in [3.05, 3.63) is 47.5 Å². The standard InChI is InChI=1S/C23H31NO4/c1-2-13-23(14-3-15-23)20(25)10-8-19-9-11-21(26)24(19)16-12-17-4-6-18(7-5-17)22(27)28/h4-8,10,19-20,25H,2-3,9,11-16H2,1H3,(H,27,28)/t19-,20?/m0/s1. The lowest BCUT2D eigenvalue weighted by Gasteiger charge is -2.45. The summed E-state index contributed by atoms with van der Waals surface area (Å²) in [5, 5.41) is 19.7. The first kappa shape index (κ1) is 20.6. The van der Waals surface area contributed by atoms with E-state index in [1.165, 1.54) is 6.42 Å². The molecule has 2 aliphatic rings. The van der Waals surface area contributed by atoms with E-state index in [2.05, 4.69) is 6.92 Å². The van der Waals surface area contributed by atoms with E-state index in [-0.39, 0.29) is 22.9 Å². The second-order valence-corrected chi connectivity index (χ2v) is 8.24. The quantitative estimate of drug-likeness (QED) is 0.634. The molecule has 0 spiro atoms. The molecule has 2 fully saturated rings. The summed E-state index contributed by atoms with van der Waals surface area (Å²) in [6.07, 6.45) is 11.1. The number of carbonyl (C=O) groups excluding carboxylic acids is 1. The normalized spacial score (nSPS) is 22.4. The number of aromatic carboxylic acids is 1. The monoisotopic (exact) mass is 385 g/mol. The van der Waals surface area contributed by atoms with Gasteiger partial charge in [0.2, 0.25) is 5.91 Å². The van der Waals surface area contributed by atoms with Gasteiger partial charge in [-0.05, 0) is 55.2 Å². The molecule has 1 heterocycles. The van der Waals surface area contributed by atoms with Gasteiger partial charge >= 0.3 is 5.97 Å². The van der Waals surface area contributed by atoms with Crippen molar-refractivity contribution in [1.82, 2.24) is 4.90 Å². The number of carboxylic acids is 1. The summed E-state index contributed by atoms with van der Waals surface area (Å²) < 4.78 is 0. The van der Waals surface area contributed by atoms with Crippen molar-refractivity contribution in [2.45, 2.75) is 70.4 Å². The zero-order chi connectivity index (χ0) is 20.1. The number of hydrogen-bond acceptors (Lipinski definition) is 3. The summed E-state index contributed by atoms with van der Waals surface area (Å²) in [4.78, 5) is 25.2. The van der Waals surface area contributed by atoms with E-state index in [0.29, 0.717) is 19.4 Å². The maximum Gasteiger partial charge on any atom is 0.335 e. The first-order chi connectivity index (χ1) is 13.4. The highest BCUT2D eigenvalue weighted by atomic mass is 16.4. The third kappa shape index (κ3) is 4.46. The Kier molecular flexibility index (Phi) is 6.55. The first-order valence-electron chi connectivity index (χ1n) is 10.4. The maximum absolute atomic E-state index is 12.3. The van der Waals surface area contributed by atoms with Gasteiger partial charge in [-0.3, -0.25) is 4.79 Å². The van der Waals surface area contributed by atoms with Crippen LogP contribution in [-0.2, 0) is 11.2 Å². The van der Waals surface area contributed by atoms with Crippen molar-refractivity contribution < 1.29 is 19.8 Å². The van der Waals surface area contributed by atoms with E-state index in [1.807, 2.05) is 29.2 Å². The fourth-order valence-corrected chi connectivity index (χ4v) is 4.57. The average molecular weight is 386 g/mol. The number of carboxylic acid groups (broad SMARTS) is 1. The number of carbonyl (C=O) groups is 2. The molecule has 1 amide bonds. The molecule has 2 atom stereocenters. The van der Waals surface area contributed by atoms with Gasteiger partial charge in [0.1, 0.15) is 0 Å². The van der Waals surface area contributed by atoms with Crippen LogP contribution in [0.15, 0.2) is 36.4 Å². The van der Waals surface area contributed by atoms with Crippen LogP contribution in [0.1, 0.15) is 67.8 Å². The topological polar surface area (TPSA) is 77.8 Å². The molecule has 5 heteroatoms. The lowest BCUT2D eigenvalue weighted by atomic mass is 9.62. The molecular formula is C23H31NO4. The van der Waals surface area contributed by atoms with Gasteiger partial charge in [0.25, 0.3) is 0 Å². The van der Waals surface area contributed by atoms with Crippen molar-refractivity contribution in [2.24, 2.45) is 5.41 Å². The molecule has 152 valence electrons. The summed E-state index contributed by atoms with van der Waals surface area (Å²) in [6.45, 7) is 2.77. The second-order valence-electron chi connectivity index (χ2n) is 8.24. The molecule has 1 saturated carbocycles. The Hall–Kier alpha value is -2.14. The molecule has 1 aromatic carbocycles. The highest BCUT2D eigenvalue weighted by molar-refractivity contribution is 5.87. The van der Waals surface area contributed by atoms with Gasteiger partial charge in [-0.15, -0.1) is 0 Å². The molecule has 1 aromatic rings. The number of amides is 1. The molecule has 2 N–H and O–H groups in total. The van der Waals surface area contributed by atoms with Crippen LogP contribution in [-0.4, -0.2) is 45.7 Å². The summed E-state index contributed by atoms with van der Waals surface area (Å²) >= 11 is 0. The van der Waals surface area contributed by atoms with E-state index < -0.39 is 12.1 Å². The molecule has 1 unspecified atom stereocenters. The van der Waals surface area contributed by atoms with Crippen molar-refractivity contribution in [3.8, 4) is 0 Å². The number of aliphatic hydroxyl groups excluding tert-OH is 1. The van der Waals surface area contributed by atoms with E-state index in [1.54, 1.807) is 12.1 Å². The highest BCUT2D eigenvalue weighted by Gasteiger charge is 2.41. The Balaban J connectivity index is 1.59. The van der Waals surface area contributed by atoms with Crippen LogP contribution < -0.4 is 0 Å². The smallest absolute Gasteiger partial charge is 0.335 e. The first-order valence-corrected chi connectivity index (χ1v) is 10.4. The van der Waals surface area contributed by atoms with Crippen LogP contribution in [0.5, 0.6) is 0 Å². The van der Waals surface area contributed by atoms with Gasteiger partial charge in [0.05, 0.1) is 17.7 Å². The molecule has 1 aliphatic heterocycles. The van der Waals surface area contributed by atoms with Crippen molar-refractivity contribution in [3.63, 3.8) is 0 Å². The number of hydrogen-bond donors (Lipinski definition) is 2. The Bertz CT molecular complexity index is 721. The van der Waals surface area contributed by atoms with Gasteiger partial charge in [-0.2, -0.15) is 0 Å². The second kappa shape index (κ2) is 8.91. The summed E-state index contributed by atoms with van der Waals surface area (Å²) in [6, 6.07) is 6.86. The number of nitrogens with zero attached hydrogens (tertiary/aromatic N) is 1. The van der Waals surface area contributed by atoms with E-state index in [4.69, 9.17) is 5.11 Å². The van der Waals surface area contributed by atoms with Gasteiger partial charge in [0, 0.05) is 13.0 Å². The van der Waals surface area contributed by atoms with Crippen LogP contribution >= 0.6 is 0 Å². The van der Waals surface area contributed by atoms with Crippen molar-refractivity contribution in [2.75, 3.05) is 6.54 Å². The number of aliphatic hydroxyl groups is 1. The third-order valence-corrected chi connectivity index (χ3v) is 6.46. The lowest BCUT2D eigenvalue weighted by molar-refractivity contribution is -0.128. The van der Waals surface area contributed by atoms with Crippen molar-refractivity contribution in [1.29, 1.82) is 0 Å². The molecule has 1 saturated heterocycles. The predicted molar refractivity (Wildman–Crippen MR) is 108 cm³/mol. The zero-order valence-electron chi connectivity index (χ0n) is 16.6. The Morgan fingerprint density at radius 1 is 1.32 bits per heavy atom. The summed E-state index contributed by atoms with van der Waals surface area (Å²) in [5.41, 5.74) is 1.33. The van der Waals surface area contributed by atoms with Crippen LogP contribution in [0.3, 0.4) is 0 Å². The minimum Gasteiger partial charge on any atom is -0.478 e. The minimum atomic E-state index is -0.933. The van der Waals surface area contributed by atoms with Crippen molar-refractivity contribution >= 4 is 11.9 Å². The van der Waals surface area contributed by atoms with Crippen LogP contribution in [0, 0.1) is 5.41 Å². The SMILES string of the molecule is CCCC1(C(O)C=C[C@H]2CCC(=O)N2CCc2ccc(C(=O)O)cc2)CCC1. The predicted octanol–water partition coefficient (Wildman–Crippen LogP) is 3.81. The molecule has 0 radical (unpaired) electrons. The number of rotatable bonds is 9. The average Bonchev–Trinajstić information content (AvgIpc) is 3.01. The van der Waals surface area contributed by atoms with E-state index >= 15 is 0 Å². The number of benzene rings is 1. The molecule has 1 aliphatic carbocycles.